The van der Waals surface area contributed by atoms with E-state index in [1.54, 1.807) is 24.3 Å². The summed E-state index contributed by atoms with van der Waals surface area (Å²) in [5.74, 6) is -0.0377. The normalized spacial score (nSPS) is 17.1. The molecule has 126 valence electrons. The number of nitrogens with one attached hydrogen (secondary N) is 3. The van der Waals surface area contributed by atoms with E-state index in [4.69, 9.17) is 4.74 Å². The number of urea groups is 1. The van der Waals surface area contributed by atoms with Crippen LogP contribution in [0.25, 0.3) is 0 Å². The van der Waals surface area contributed by atoms with Crippen LogP contribution in [-0.2, 0) is 9.53 Å². The Labute approximate surface area is 137 Å². The van der Waals surface area contributed by atoms with Gasteiger partial charge in [-0.1, -0.05) is 6.07 Å². The van der Waals surface area contributed by atoms with E-state index in [1.807, 2.05) is 13.8 Å². The van der Waals surface area contributed by atoms with Crippen LogP contribution in [0.15, 0.2) is 24.3 Å². The minimum atomic E-state index is -0.262. The van der Waals surface area contributed by atoms with Gasteiger partial charge in [0, 0.05) is 30.4 Å². The third-order valence-corrected chi connectivity index (χ3v) is 3.54. The Balaban J connectivity index is 1.81. The Bertz CT molecular complexity index is 540. The molecular weight excluding hydrogens is 294 g/mol. The van der Waals surface area contributed by atoms with Crippen molar-refractivity contribution in [3.8, 4) is 0 Å². The van der Waals surface area contributed by atoms with E-state index < -0.39 is 0 Å². The fourth-order valence-corrected chi connectivity index (χ4v) is 2.49. The van der Waals surface area contributed by atoms with Gasteiger partial charge < -0.3 is 20.7 Å². The highest BCUT2D eigenvalue weighted by Crippen LogP contribution is 2.18. The van der Waals surface area contributed by atoms with Crippen molar-refractivity contribution in [1.29, 1.82) is 0 Å². The molecule has 0 aliphatic carbocycles. The molecule has 6 nitrogen and oxygen atoms in total. The zero-order chi connectivity index (χ0) is 16.7. The van der Waals surface area contributed by atoms with E-state index in [0.29, 0.717) is 17.8 Å². The number of amides is 3. The summed E-state index contributed by atoms with van der Waals surface area (Å²) >= 11 is 0. The summed E-state index contributed by atoms with van der Waals surface area (Å²) in [7, 11) is 0. The third-order valence-electron chi connectivity index (χ3n) is 3.54. The predicted octanol–water partition coefficient (Wildman–Crippen LogP) is 3.11. The van der Waals surface area contributed by atoms with Gasteiger partial charge in [0.2, 0.25) is 5.91 Å². The molecule has 0 radical (unpaired) electrons. The van der Waals surface area contributed by atoms with Crippen molar-refractivity contribution < 1.29 is 14.3 Å². The molecule has 1 fully saturated rings. The highest BCUT2D eigenvalue weighted by atomic mass is 16.5. The molecule has 0 spiro atoms. The molecule has 6 heteroatoms. The van der Waals surface area contributed by atoms with E-state index in [0.717, 1.165) is 25.9 Å². The Morgan fingerprint density at radius 1 is 1.26 bits per heavy atom. The van der Waals surface area contributed by atoms with E-state index in [2.05, 4.69) is 16.0 Å². The molecule has 1 aromatic rings. The van der Waals surface area contributed by atoms with Crippen molar-refractivity contribution in [3.05, 3.63) is 24.3 Å². The van der Waals surface area contributed by atoms with Crippen LogP contribution in [0.3, 0.4) is 0 Å². The summed E-state index contributed by atoms with van der Waals surface area (Å²) in [6.07, 6.45) is 3.53. The second-order valence-corrected chi connectivity index (χ2v) is 6.06. The first-order valence-corrected chi connectivity index (χ1v) is 8.12. The standard InChI is InChI=1S/C17H25N3O3/c1-12(2)18-17(22)20-14-6-3-5-13(11-14)19-16(21)9-8-15-7-4-10-23-15/h3,5-6,11-12,15H,4,7-10H2,1-2H3,(H,19,21)(H2,18,20,22)/t15-/m0/s1. The Hall–Kier alpha value is -2.08. The summed E-state index contributed by atoms with van der Waals surface area (Å²) in [5, 5.41) is 8.35. The SMILES string of the molecule is CC(C)NC(=O)Nc1cccc(NC(=O)CC[C@@H]2CCCO2)c1. The van der Waals surface area contributed by atoms with Crippen LogP contribution in [0.2, 0.25) is 0 Å². The average molecular weight is 319 g/mol. The summed E-state index contributed by atoms with van der Waals surface area (Å²) in [4.78, 5) is 23.7. The van der Waals surface area contributed by atoms with Gasteiger partial charge >= 0.3 is 6.03 Å². The molecule has 0 unspecified atom stereocenters. The topological polar surface area (TPSA) is 79.5 Å². The van der Waals surface area contributed by atoms with Crippen LogP contribution in [0.4, 0.5) is 16.2 Å². The molecule has 2 rings (SSSR count). The van der Waals surface area contributed by atoms with Gasteiger partial charge in [-0.3, -0.25) is 4.79 Å². The summed E-state index contributed by atoms with van der Waals surface area (Å²) < 4.78 is 5.51. The lowest BCUT2D eigenvalue weighted by Gasteiger charge is -2.12. The van der Waals surface area contributed by atoms with Gasteiger partial charge in [-0.25, -0.2) is 4.79 Å². The molecule has 1 saturated heterocycles. The van der Waals surface area contributed by atoms with Gasteiger partial charge in [0.05, 0.1) is 6.10 Å². The van der Waals surface area contributed by atoms with Crippen molar-refractivity contribution in [1.82, 2.24) is 5.32 Å². The van der Waals surface area contributed by atoms with Crippen LogP contribution < -0.4 is 16.0 Å². The zero-order valence-corrected chi connectivity index (χ0v) is 13.7. The van der Waals surface area contributed by atoms with Crippen LogP contribution >= 0.6 is 0 Å². The van der Waals surface area contributed by atoms with E-state index in [1.165, 1.54) is 0 Å². The highest BCUT2D eigenvalue weighted by Gasteiger charge is 2.16. The molecule has 1 atom stereocenters. The third kappa shape index (κ3) is 6.28. The number of rotatable bonds is 6. The quantitative estimate of drug-likeness (QED) is 0.754. The van der Waals surface area contributed by atoms with Crippen LogP contribution in [-0.4, -0.2) is 30.7 Å². The van der Waals surface area contributed by atoms with Gasteiger partial charge in [0.1, 0.15) is 0 Å². The smallest absolute Gasteiger partial charge is 0.319 e. The monoisotopic (exact) mass is 319 g/mol. The van der Waals surface area contributed by atoms with Gasteiger partial charge in [0.25, 0.3) is 0 Å². The predicted molar refractivity (Wildman–Crippen MR) is 90.6 cm³/mol. The number of hydrogen-bond donors (Lipinski definition) is 3. The fraction of sp³-hybridized carbons (Fsp3) is 0.529. The zero-order valence-electron chi connectivity index (χ0n) is 13.7. The highest BCUT2D eigenvalue weighted by molar-refractivity contribution is 5.93. The van der Waals surface area contributed by atoms with E-state index in [9.17, 15) is 9.59 Å². The Morgan fingerprint density at radius 2 is 2.00 bits per heavy atom. The number of hydrogen-bond acceptors (Lipinski definition) is 3. The van der Waals surface area contributed by atoms with Crippen LogP contribution in [0.5, 0.6) is 0 Å². The van der Waals surface area contributed by atoms with Crippen molar-refractivity contribution in [3.63, 3.8) is 0 Å². The maximum atomic E-state index is 12.0. The fourth-order valence-electron chi connectivity index (χ4n) is 2.49. The Morgan fingerprint density at radius 3 is 2.65 bits per heavy atom. The van der Waals surface area contributed by atoms with E-state index >= 15 is 0 Å². The number of carbonyl (C=O) groups excluding carboxylic acids is 2. The van der Waals surface area contributed by atoms with Crippen molar-refractivity contribution in [2.24, 2.45) is 0 Å². The van der Waals surface area contributed by atoms with Crippen LogP contribution in [0, 0.1) is 0 Å². The van der Waals surface area contributed by atoms with Crippen molar-refractivity contribution >= 4 is 23.3 Å². The molecule has 0 saturated carbocycles. The lowest BCUT2D eigenvalue weighted by Crippen LogP contribution is -2.34. The second kappa shape index (κ2) is 8.53. The lowest BCUT2D eigenvalue weighted by molar-refractivity contribution is -0.116. The molecule has 3 N–H and O–H groups in total. The number of ether oxygens (including phenoxy) is 1. The molecular formula is C17H25N3O3. The minimum Gasteiger partial charge on any atom is -0.378 e. The van der Waals surface area contributed by atoms with Gasteiger partial charge in [0.15, 0.2) is 0 Å². The number of benzene rings is 1. The number of anilines is 2. The first-order valence-electron chi connectivity index (χ1n) is 8.12. The maximum Gasteiger partial charge on any atom is 0.319 e. The summed E-state index contributed by atoms with van der Waals surface area (Å²) in [6.45, 7) is 4.59. The number of carbonyl (C=O) groups is 2. The van der Waals surface area contributed by atoms with Crippen molar-refractivity contribution in [2.45, 2.75) is 51.7 Å². The molecule has 1 aliphatic rings. The molecule has 23 heavy (non-hydrogen) atoms. The first kappa shape index (κ1) is 17.3. The van der Waals surface area contributed by atoms with Crippen LogP contribution in [0.1, 0.15) is 39.5 Å². The molecule has 3 amide bonds. The summed E-state index contributed by atoms with van der Waals surface area (Å²) in [6, 6.07) is 6.92. The molecule has 0 aromatic heterocycles. The first-order chi connectivity index (χ1) is 11.0. The molecule has 0 bridgehead atoms. The largest absolute Gasteiger partial charge is 0.378 e. The molecule has 1 aromatic carbocycles. The lowest BCUT2D eigenvalue weighted by atomic mass is 10.1. The van der Waals surface area contributed by atoms with Gasteiger partial charge in [-0.15, -0.1) is 0 Å². The molecule has 1 aliphatic heterocycles. The average Bonchev–Trinajstić information content (AvgIpc) is 2.97. The maximum absolute atomic E-state index is 12.0. The summed E-state index contributed by atoms with van der Waals surface area (Å²) in [5.41, 5.74) is 1.31. The van der Waals surface area contributed by atoms with Gasteiger partial charge in [-0.2, -0.15) is 0 Å². The molecule has 1 heterocycles. The minimum absolute atomic E-state index is 0.0377. The second-order valence-electron chi connectivity index (χ2n) is 6.06. The Kier molecular flexibility index (Phi) is 6.40. The van der Waals surface area contributed by atoms with Crippen molar-refractivity contribution in [2.75, 3.05) is 17.2 Å². The van der Waals surface area contributed by atoms with Gasteiger partial charge in [-0.05, 0) is 51.3 Å². The van der Waals surface area contributed by atoms with E-state index in [-0.39, 0.29) is 24.1 Å².